The van der Waals surface area contributed by atoms with Crippen LogP contribution in [0.5, 0.6) is 0 Å². The summed E-state index contributed by atoms with van der Waals surface area (Å²) in [6.07, 6.45) is 9.86. The van der Waals surface area contributed by atoms with Crippen LogP contribution in [-0.4, -0.2) is 38.8 Å². The SMILES string of the molecule is O=C(C1CC1)N1CC=C(c2[nH]ccc3cnc4nccc4c23)C1. The third-order valence-electron chi connectivity index (χ3n) is 4.78. The molecule has 23 heavy (non-hydrogen) atoms. The van der Waals surface area contributed by atoms with E-state index in [1.807, 2.05) is 29.4 Å². The van der Waals surface area contributed by atoms with E-state index in [1.54, 1.807) is 6.20 Å². The van der Waals surface area contributed by atoms with E-state index < -0.39 is 0 Å². The topological polar surface area (TPSA) is 61.9 Å². The Morgan fingerprint density at radius 3 is 3.04 bits per heavy atom. The van der Waals surface area contributed by atoms with Crippen LogP contribution in [0.15, 0.2) is 36.8 Å². The number of carbonyl (C=O) groups is 1. The molecule has 5 nitrogen and oxygen atoms in total. The van der Waals surface area contributed by atoms with Crippen molar-refractivity contribution in [1.29, 1.82) is 0 Å². The Hall–Kier alpha value is -2.69. The quantitative estimate of drug-likeness (QED) is 0.792. The lowest BCUT2D eigenvalue weighted by Crippen LogP contribution is -2.30. The van der Waals surface area contributed by atoms with Crippen molar-refractivity contribution >= 4 is 33.3 Å². The molecule has 0 radical (unpaired) electrons. The third-order valence-corrected chi connectivity index (χ3v) is 4.78. The highest BCUT2D eigenvalue weighted by atomic mass is 16.2. The van der Waals surface area contributed by atoms with Gasteiger partial charge in [0.1, 0.15) is 0 Å². The van der Waals surface area contributed by atoms with Crippen molar-refractivity contribution < 1.29 is 4.79 Å². The molecule has 3 aromatic heterocycles. The van der Waals surface area contributed by atoms with Gasteiger partial charge < -0.3 is 9.88 Å². The van der Waals surface area contributed by atoms with Gasteiger partial charge in [-0.05, 0) is 30.5 Å². The molecule has 0 bridgehead atoms. The minimum absolute atomic E-state index is 0.273. The molecule has 5 heteroatoms. The summed E-state index contributed by atoms with van der Waals surface area (Å²) in [7, 11) is 0. The first-order valence-electron chi connectivity index (χ1n) is 8.00. The average Bonchev–Trinajstić information content (AvgIpc) is 3.12. The molecule has 2 aliphatic rings. The summed E-state index contributed by atoms with van der Waals surface area (Å²) in [6.45, 7) is 1.39. The fourth-order valence-electron chi connectivity index (χ4n) is 3.41. The van der Waals surface area contributed by atoms with E-state index in [9.17, 15) is 4.79 Å². The van der Waals surface area contributed by atoms with Gasteiger partial charge in [0, 0.05) is 53.8 Å². The number of nitrogens with zero attached hydrogens (tertiary/aromatic N) is 3. The highest BCUT2D eigenvalue weighted by Gasteiger charge is 2.35. The van der Waals surface area contributed by atoms with Crippen LogP contribution in [0, 0.1) is 5.92 Å². The maximum atomic E-state index is 12.3. The third kappa shape index (κ3) is 1.96. The number of hydrogen-bond donors (Lipinski definition) is 1. The first-order chi connectivity index (χ1) is 11.3. The standard InChI is InChI=1S/C18H16N4O/c23-18(11-1-2-11)22-8-5-13(10-22)16-15-12(3-6-19-16)9-21-17-14(15)4-7-20-17/h3-7,9,11,19H,1-2,8,10H2. The number of rotatable bonds is 2. The van der Waals surface area contributed by atoms with Crippen molar-refractivity contribution in [1.82, 2.24) is 19.9 Å². The summed E-state index contributed by atoms with van der Waals surface area (Å²) in [5.74, 6) is 0.577. The molecule has 5 rings (SSSR count). The van der Waals surface area contributed by atoms with Crippen LogP contribution in [-0.2, 0) is 4.79 Å². The number of H-pyrrole nitrogens is 1. The zero-order valence-electron chi connectivity index (χ0n) is 12.6. The number of fused-ring (bicyclic) bond motifs is 3. The second-order valence-electron chi connectivity index (χ2n) is 6.35. The second-order valence-corrected chi connectivity index (χ2v) is 6.35. The number of pyridine rings is 2. The van der Waals surface area contributed by atoms with Gasteiger partial charge in [0.25, 0.3) is 0 Å². The van der Waals surface area contributed by atoms with E-state index in [2.05, 4.69) is 21.0 Å². The van der Waals surface area contributed by atoms with Crippen LogP contribution in [0.25, 0.3) is 27.4 Å². The Kier molecular flexibility index (Phi) is 2.59. The van der Waals surface area contributed by atoms with Crippen LogP contribution >= 0.6 is 0 Å². The minimum Gasteiger partial charge on any atom is -0.361 e. The fraction of sp³-hybridized carbons (Fsp3) is 0.278. The second kappa shape index (κ2) is 4.65. The van der Waals surface area contributed by atoms with Crippen LogP contribution in [0.1, 0.15) is 18.5 Å². The summed E-state index contributed by atoms with van der Waals surface area (Å²) in [6, 6.07) is 4.03. The van der Waals surface area contributed by atoms with E-state index >= 15 is 0 Å². The molecule has 1 N–H and O–H groups in total. The van der Waals surface area contributed by atoms with E-state index in [0.717, 1.165) is 40.3 Å². The molecular formula is C18H16N4O. The molecule has 3 aromatic rings. The Bertz CT molecular complexity index is 967. The van der Waals surface area contributed by atoms with Gasteiger partial charge in [-0.1, -0.05) is 6.08 Å². The maximum Gasteiger partial charge on any atom is 0.226 e. The maximum absolute atomic E-state index is 12.3. The molecule has 1 aliphatic heterocycles. The van der Waals surface area contributed by atoms with E-state index in [4.69, 9.17) is 0 Å². The predicted octanol–water partition coefficient (Wildman–Crippen LogP) is 2.75. The molecule has 1 aliphatic carbocycles. The van der Waals surface area contributed by atoms with Crippen molar-refractivity contribution in [2.75, 3.05) is 13.1 Å². The van der Waals surface area contributed by atoms with Crippen LogP contribution < -0.4 is 0 Å². The molecule has 0 atom stereocenters. The summed E-state index contributed by atoms with van der Waals surface area (Å²) in [4.78, 5) is 26.3. The van der Waals surface area contributed by atoms with Crippen molar-refractivity contribution in [3.8, 4) is 0 Å². The molecule has 0 unspecified atom stereocenters. The normalized spacial score (nSPS) is 17.9. The highest BCUT2D eigenvalue weighted by molar-refractivity contribution is 6.09. The molecule has 1 saturated carbocycles. The van der Waals surface area contributed by atoms with Crippen molar-refractivity contribution in [2.45, 2.75) is 12.8 Å². The first kappa shape index (κ1) is 12.8. The Balaban J connectivity index is 1.60. The molecule has 0 aromatic carbocycles. The van der Waals surface area contributed by atoms with Gasteiger partial charge in [-0.15, -0.1) is 0 Å². The molecule has 1 fully saturated rings. The minimum atomic E-state index is 0.273. The number of nitrogens with one attached hydrogen (secondary N) is 1. The summed E-state index contributed by atoms with van der Waals surface area (Å²) >= 11 is 0. The van der Waals surface area contributed by atoms with Crippen LogP contribution in [0.3, 0.4) is 0 Å². The average molecular weight is 304 g/mol. The van der Waals surface area contributed by atoms with Crippen molar-refractivity contribution in [3.63, 3.8) is 0 Å². The Morgan fingerprint density at radius 2 is 2.17 bits per heavy atom. The lowest BCUT2D eigenvalue weighted by Gasteiger charge is -2.16. The van der Waals surface area contributed by atoms with Crippen LogP contribution in [0.4, 0.5) is 0 Å². The molecule has 0 saturated heterocycles. The largest absolute Gasteiger partial charge is 0.361 e. The highest BCUT2D eigenvalue weighted by Crippen LogP contribution is 2.35. The number of aromatic amines is 1. The number of hydrogen-bond acceptors (Lipinski definition) is 3. The predicted molar refractivity (Wildman–Crippen MR) is 88.7 cm³/mol. The smallest absolute Gasteiger partial charge is 0.226 e. The zero-order chi connectivity index (χ0) is 15.4. The fourth-order valence-corrected chi connectivity index (χ4v) is 3.41. The monoisotopic (exact) mass is 304 g/mol. The van der Waals surface area contributed by atoms with Gasteiger partial charge in [0.15, 0.2) is 5.65 Å². The Labute approximate surface area is 133 Å². The molecule has 4 heterocycles. The van der Waals surface area contributed by atoms with E-state index in [1.165, 1.54) is 5.57 Å². The summed E-state index contributed by atoms with van der Waals surface area (Å²) in [5.41, 5.74) is 3.02. The van der Waals surface area contributed by atoms with E-state index in [0.29, 0.717) is 19.0 Å². The number of aromatic nitrogens is 3. The van der Waals surface area contributed by atoms with Gasteiger partial charge >= 0.3 is 0 Å². The zero-order valence-corrected chi connectivity index (χ0v) is 12.6. The van der Waals surface area contributed by atoms with Gasteiger partial charge in [-0.2, -0.15) is 0 Å². The van der Waals surface area contributed by atoms with Crippen molar-refractivity contribution in [2.24, 2.45) is 5.92 Å². The Morgan fingerprint density at radius 1 is 1.26 bits per heavy atom. The summed E-state index contributed by atoms with van der Waals surface area (Å²) < 4.78 is 0. The summed E-state index contributed by atoms with van der Waals surface area (Å²) in [5, 5.41) is 3.29. The van der Waals surface area contributed by atoms with Gasteiger partial charge in [0.2, 0.25) is 5.91 Å². The molecular weight excluding hydrogens is 288 g/mol. The molecule has 114 valence electrons. The van der Waals surface area contributed by atoms with Crippen LogP contribution in [0.2, 0.25) is 0 Å². The van der Waals surface area contributed by atoms with Gasteiger partial charge in [-0.25, -0.2) is 9.97 Å². The molecule has 0 spiro atoms. The lowest BCUT2D eigenvalue weighted by molar-refractivity contribution is -0.131. The van der Waals surface area contributed by atoms with E-state index in [-0.39, 0.29) is 5.92 Å². The van der Waals surface area contributed by atoms with Gasteiger partial charge in [-0.3, -0.25) is 4.79 Å². The number of carbonyl (C=O) groups excluding carboxylic acids is 1. The van der Waals surface area contributed by atoms with Gasteiger partial charge in [0.05, 0.1) is 5.69 Å². The lowest BCUT2D eigenvalue weighted by atomic mass is 10.0. The molecule has 1 amide bonds. The number of amides is 1. The van der Waals surface area contributed by atoms with Crippen molar-refractivity contribution in [3.05, 3.63) is 42.5 Å². The first-order valence-corrected chi connectivity index (χ1v) is 8.00.